The lowest BCUT2D eigenvalue weighted by Gasteiger charge is -2.17. The smallest absolute Gasteiger partial charge is 0.227 e. The van der Waals surface area contributed by atoms with Gasteiger partial charge in [-0.25, -0.2) is 4.39 Å². The third kappa shape index (κ3) is 5.04. The van der Waals surface area contributed by atoms with Crippen LogP contribution in [0.3, 0.4) is 0 Å². The summed E-state index contributed by atoms with van der Waals surface area (Å²) in [7, 11) is 1.57. The molecule has 0 radical (unpaired) electrons. The van der Waals surface area contributed by atoms with E-state index in [9.17, 15) is 14.0 Å². The molecule has 7 heteroatoms. The summed E-state index contributed by atoms with van der Waals surface area (Å²) in [5.41, 5.74) is 1.40. The monoisotopic (exact) mass is 402 g/mol. The molecule has 1 atom stereocenters. The average molecular weight is 402 g/mol. The minimum Gasteiger partial charge on any atom is -0.497 e. The zero-order valence-electron chi connectivity index (χ0n) is 15.7. The van der Waals surface area contributed by atoms with E-state index in [0.29, 0.717) is 35.9 Å². The topological polar surface area (TPSA) is 58.6 Å². The third-order valence-corrected chi connectivity index (χ3v) is 5.63. The van der Waals surface area contributed by atoms with Gasteiger partial charge in [-0.3, -0.25) is 9.59 Å². The van der Waals surface area contributed by atoms with Crippen molar-refractivity contribution < 1.29 is 18.7 Å². The summed E-state index contributed by atoms with van der Waals surface area (Å²) in [5, 5.41) is 2.88. The molecule has 148 valence electrons. The Morgan fingerprint density at radius 2 is 2.11 bits per heavy atom. The van der Waals surface area contributed by atoms with Crippen molar-refractivity contribution in [1.82, 2.24) is 5.32 Å². The molecule has 1 fully saturated rings. The number of carbonyl (C=O) groups is 2. The van der Waals surface area contributed by atoms with Crippen LogP contribution in [0.5, 0.6) is 5.75 Å². The second-order valence-corrected chi connectivity index (χ2v) is 7.65. The van der Waals surface area contributed by atoms with Crippen LogP contribution in [0.15, 0.2) is 48.5 Å². The van der Waals surface area contributed by atoms with Crippen molar-refractivity contribution in [3.63, 3.8) is 0 Å². The van der Waals surface area contributed by atoms with Crippen molar-refractivity contribution >= 4 is 29.3 Å². The molecule has 28 heavy (non-hydrogen) atoms. The fraction of sp³-hybridized carbons (Fsp3) is 0.333. The number of rotatable bonds is 8. The molecule has 1 aliphatic rings. The predicted octanol–water partition coefficient (Wildman–Crippen LogP) is 3.24. The van der Waals surface area contributed by atoms with E-state index in [1.807, 2.05) is 24.3 Å². The van der Waals surface area contributed by atoms with Crippen LogP contribution >= 0.6 is 11.8 Å². The van der Waals surface area contributed by atoms with E-state index < -0.39 is 0 Å². The van der Waals surface area contributed by atoms with E-state index >= 15 is 0 Å². The summed E-state index contributed by atoms with van der Waals surface area (Å²) in [4.78, 5) is 26.3. The average Bonchev–Trinajstić information content (AvgIpc) is 3.11. The molecule has 5 nitrogen and oxygen atoms in total. The van der Waals surface area contributed by atoms with Crippen molar-refractivity contribution in [3.05, 3.63) is 59.9 Å². The normalized spacial score (nSPS) is 16.3. The maximum Gasteiger partial charge on any atom is 0.227 e. The van der Waals surface area contributed by atoms with Gasteiger partial charge in [0.2, 0.25) is 11.8 Å². The zero-order valence-corrected chi connectivity index (χ0v) is 16.5. The molecule has 1 aliphatic heterocycles. The first-order chi connectivity index (χ1) is 13.6. The molecule has 0 saturated carbocycles. The Hall–Kier alpha value is -2.54. The minimum atomic E-state index is -0.365. The fourth-order valence-corrected chi connectivity index (χ4v) is 3.94. The summed E-state index contributed by atoms with van der Waals surface area (Å²) in [6.45, 7) is 0.849. The number of benzene rings is 2. The number of nitrogens with zero attached hydrogens (tertiary/aromatic N) is 1. The maximum atomic E-state index is 13.6. The molecule has 2 amide bonds. The van der Waals surface area contributed by atoms with Gasteiger partial charge in [0.25, 0.3) is 0 Å². The summed E-state index contributed by atoms with van der Waals surface area (Å²) in [6.07, 6.45) is 0.200. The van der Waals surface area contributed by atoms with Crippen LogP contribution in [0.2, 0.25) is 0 Å². The Balaban J connectivity index is 1.44. The van der Waals surface area contributed by atoms with Gasteiger partial charge in [0.05, 0.1) is 13.0 Å². The molecule has 3 rings (SSSR count). The molecule has 0 spiro atoms. The van der Waals surface area contributed by atoms with Crippen LogP contribution in [0.1, 0.15) is 12.0 Å². The van der Waals surface area contributed by atoms with E-state index in [1.165, 1.54) is 6.07 Å². The molecular weight excluding hydrogens is 379 g/mol. The third-order valence-electron chi connectivity index (χ3n) is 4.62. The molecule has 2 aromatic rings. The SMILES string of the molecule is COc1cccc(N2CC(C(=O)NCCSCc3ccccc3F)CC2=O)c1. The Morgan fingerprint density at radius 3 is 2.89 bits per heavy atom. The number of ether oxygens (including phenoxy) is 1. The minimum absolute atomic E-state index is 0.0673. The Kier molecular flexibility index (Phi) is 6.92. The van der Waals surface area contributed by atoms with Crippen molar-refractivity contribution in [2.24, 2.45) is 5.92 Å². The highest BCUT2D eigenvalue weighted by Crippen LogP contribution is 2.28. The first-order valence-electron chi connectivity index (χ1n) is 9.11. The Labute approximate surface area is 168 Å². The number of thioether (sulfide) groups is 1. The molecule has 1 N–H and O–H groups in total. The van der Waals surface area contributed by atoms with Gasteiger partial charge < -0.3 is 15.0 Å². The number of anilines is 1. The number of halogens is 1. The lowest BCUT2D eigenvalue weighted by atomic mass is 10.1. The standard InChI is InChI=1S/C21H23FN2O3S/c1-27-18-7-4-6-17(12-18)24-13-16(11-20(24)25)21(26)23-9-10-28-14-15-5-2-3-8-19(15)22/h2-8,12,16H,9-11,13-14H2,1H3,(H,23,26). The summed E-state index contributed by atoms with van der Waals surface area (Å²) >= 11 is 1.56. The Bertz CT molecular complexity index is 846. The zero-order chi connectivity index (χ0) is 19.9. The van der Waals surface area contributed by atoms with Gasteiger partial charge in [0.1, 0.15) is 11.6 Å². The number of hydrogen-bond acceptors (Lipinski definition) is 4. The molecule has 0 aromatic heterocycles. The first-order valence-corrected chi connectivity index (χ1v) is 10.3. The maximum absolute atomic E-state index is 13.6. The second kappa shape index (κ2) is 9.59. The summed E-state index contributed by atoms with van der Waals surface area (Å²) < 4.78 is 18.8. The number of nitrogens with one attached hydrogen (secondary N) is 1. The molecule has 1 heterocycles. The van der Waals surface area contributed by atoms with Gasteiger partial charge in [0, 0.05) is 42.8 Å². The van der Waals surface area contributed by atoms with E-state index in [4.69, 9.17) is 4.74 Å². The fourth-order valence-electron chi connectivity index (χ4n) is 3.10. The van der Waals surface area contributed by atoms with E-state index in [0.717, 1.165) is 5.69 Å². The van der Waals surface area contributed by atoms with Gasteiger partial charge >= 0.3 is 0 Å². The van der Waals surface area contributed by atoms with Crippen molar-refractivity contribution in [2.75, 3.05) is 30.9 Å². The summed E-state index contributed by atoms with van der Waals surface area (Å²) in [6, 6.07) is 13.9. The van der Waals surface area contributed by atoms with E-state index in [2.05, 4.69) is 5.32 Å². The van der Waals surface area contributed by atoms with Crippen LogP contribution < -0.4 is 15.0 Å². The van der Waals surface area contributed by atoms with Gasteiger partial charge in [-0.05, 0) is 23.8 Å². The van der Waals surface area contributed by atoms with Crippen molar-refractivity contribution in [2.45, 2.75) is 12.2 Å². The van der Waals surface area contributed by atoms with Gasteiger partial charge in [0.15, 0.2) is 0 Å². The van der Waals surface area contributed by atoms with E-state index in [-0.39, 0.29) is 30.0 Å². The molecule has 1 unspecified atom stereocenters. The molecule has 0 aliphatic carbocycles. The molecule has 1 saturated heterocycles. The van der Waals surface area contributed by atoms with Gasteiger partial charge in [-0.15, -0.1) is 0 Å². The second-order valence-electron chi connectivity index (χ2n) is 6.54. The van der Waals surface area contributed by atoms with Crippen LogP contribution in [-0.2, 0) is 15.3 Å². The van der Waals surface area contributed by atoms with Crippen LogP contribution in [-0.4, -0.2) is 37.8 Å². The number of hydrogen-bond donors (Lipinski definition) is 1. The van der Waals surface area contributed by atoms with Crippen LogP contribution in [0, 0.1) is 11.7 Å². The van der Waals surface area contributed by atoms with Gasteiger partial charge in [-0.2, -0.15) is 11.8 Å². The highest BCUT2D eigenvalue weighted by molar-refractivity contribution is 7.98. The van der Waals surface area contributed by atoms with Gasteiger partial charge in [-0.1, -0.05) is 24.3 Å². The van der Waals surface area contributed by atoms with Crippen LogP contribution in [0.25, 0.3) is 0 Å². The van der Waals surface area contributed by atoms with Crippen molar-refractivity contribution in [3.8, 4) is 5.75 Å². The predicted molar refractivity (Wildman–Crippen MR) is 109 cm³/mol. The number of amides is 2. The molecule has 0 bridgehead atoms. The van der Waals surface area contributed by atoms with Crippen molar-refractivity contribution in [1.29, 1.82) is 0 Å². The lowest BCUT2D eigenvalue weighted by Crippen LogP contribution is -2.34. The highest BCUT2D eigenvalue weighted by Gasteiger charge is 2.35. The number of methoxy groups -OCH3 is 1. The quantitative estimate of drug-likeness (QED) is 0.689. The molecular formula is C21H23FN2O3S. The largest absolute Gasteiger partial charge is 0.497 e. The number of carbonyl (C=O) groups excluding carboxylic acids is 2. The van der Waals surface area contributed by atoms with Crippen LogP contribution in [0.4, 0.5) is 10.1 Å². The lowest BCUT2D eigenvalue weighted by molar-refractivity contribution is -0.126. The molecule has 2 aromatic carbocycles. The van der Waals surface area contributed by atoms with E-state index in [1.54, 1.807) is 42.0 Å². The first kappa shape index (κ1) is 20.2. The summed E-state index contributed by atoms with van der Waals surface area (Å²) in [5.74, 6) is 1.16. The Morgan fingerprint density at radius 1 is 1.29 bits per heavy atom. The highest BCUT2D eigenvalue weighted by atomic mass is 32.2.